The molecule has 1 aliphatic rings. The predicted octanol–water partition coefficient (Wildman–Crippen LogP) is 2.61. The monoisotopic (exact) mass is 292 g/mol. The first-order valence-electron chi connectivity index (χ1n) is 7.73. The summed E-state index contributed by atoms with van der Waals surface area (Å²) in [7, 11) is 0. The van der Waals surface area contributed by atoms with Crippen LogP contribution in [0.5, 0.6) is 0 Å². The topological polar surface area (TPSA) is 69.8 Å². The van der Waals surface area contributed by atoms with Crippen molar-refractivity contribution in [3.8, 4) is 0 Å². The van der Waals surface area contributed by atoms with Crippen LogP contribution in [-0.2, 0) is 0 Å². The van der Waals surface area contributed by atoms with Gasteiger partial charge in [-0.1, -0.05) is 13.8 Å². The molecule has 1 aromatic rings. The van der Waals surface area contributed by atoms with Gasteiger partial charge >= 0.3 is 0 Å². The van der Waals surface area contributed by atoms with E-state index in [1.807, 2.05) is 13.8 Å². The molecule has 5 heteroatoms. The van der Waals surface area contributed by atoms with Crippen molar-refractivity contribution < 1.29 is 0 Å². The van der Waals surface area contributed by atoms with Crippen molar-refractivity contribution in [2.75, 3.05) is 5.32 Å². The molecule has 1 aromatic heterocycles. The number of H-pyrrole nitrogens is 1. The minimum Gasteiger partial charge on any atom is -0.353 e. The molecule has 3 N–H and O–H groups in total. The second-order valence-electron chi connectivity index (χ2n) is 7.82. The highest BCUT2D eigenvalue weighted by atomic mass is 16.1. The van der Waals surface area contributed by atoms with Crippen LogP contribution in [-0.4, -0.2) is 27.1 Å². The normalized spacial score (nSPS) is 21.5. The van der Waals surface area contributed by atoms with E-state index in [0.717, 1.165) is 18.5 Å². The van der Waals surface area contributed by atoms with E-state index in [4.69, 9.17) is 0 Å². The lowest BCUT2D eigenvalue weighted by atomic mass is 9.80. The first-order valence-corrected chi connectivity index (χ1v) is 7.73. The minimum absolute atomic E-state index is 0.0649. The summed E-state index contributed by atoms with van der Waals surface area (Å²) >= 11 is 0. The molecule has 0 aliphatic carbocycles. The Bertz CT molecular complexity index is 544. The summed E-state index contributed by atoms with van der Waals surface area (Å²) in [5, 5.41) is 7.08. The van der Waals surface area contributed by atoms with Gasteiger partial charge in [-0.05, 0) is 46.5 Å². The van der Waals surface area contributed by atoms with Gasteiger partial charge in [0.1, 0.15) is 0 Å². The number of rotatable bonds is 3. The van der Waals surface area contributed by atoms with Gasteiger partial charge in [-0.2, -0.15) is 0 Å². The molecule has 0 aromatic carbocycles. The molecule has 0 radical (unpaired) electrons. The van der Waals surface area contributed by atoms with Crippen LogP contribution in [0.25, 0.3) is 0 Å². The third kappa shape index (κ3) is 4.30. The van der Waals surface area contributed by atoms with Crippen molar-refractivity contribution in [3.05, 3.63) is 22.1 Å². The minimum atomic E-state index is -0.0938. The molecule has 1 fully saturated rings. The summed E-state index contributed by atoms with van der Waals surface area (Å²) in [5.41, 5.74) is 0.863. The van der Waals surface area contributed by atoms with Gasteiger partial charge in [0, 0.05) is 23.2 Å². The Morgan fingerprint density at radius 1 is 1.24 bits per heavy atom. The van der Waals surface area contributed by atoms with Crippen LogP contribution in [0.15, 0.2) is 10.9 Å². The van der Waals surface area contributed by atoms with Gasteiger partial charge in [-0.15, -0.1) is 0 Å². The predicted molar refractivity (Wildman–Crippen MR) is 86.9 cm³/mol. The molecule has 21 heavy (non-hydrogen) atoms. The van der Waals surface area contributed by atoms with Crippen LogP contribution in [0.3, 0.4) is 0 Å². The molecule has 0 spiro atoms. The summed E-state index contributed by atoms with van der Waals surface area (Å²) in [6, 6.07) is 1.87. The maximum atomic E-state index is 11.8. The molecule has 0 bridgehead atoms. The van der Waals surface area contributed by atoms with Crippen LogP contribution in [0.4, 0.5) is 5.95 Å². The highest BCUT2D eigenvalue weighted by Gasteiger charge is 2.37. The summed E-state index contributed by atoms with van der Waals surface area (Å²) in [4.78, 5) is 19.1. The molecule has 5 nitrogen and oxygen atoms in total. The number of hydrogen-bond acceptors (Lipinski definition) is 4. The Balaban J connectivity index is 2.20. The second kappa shape index (κ2) is 5.44. The number of aromatic amines is 1. The van der Waals surface area contributed by atoms with E-state index in [-0.39, 0.29) is 22.6 Å². The fraction of sp³-hybridized carbons (Fsp3) is 0.750. The van der Waals surface area contributed by atoms with Gasteiger partial charge in [-0.25, -0.2) is 4.98 Å². The van der Waals surface area contributed by atoms with E-state index in [1.54, 1.807) is 6.07 Å². The molecular weight excluding hydrogens is 264 g/mol. The van der Waals surface area contributed by atoms with Crippen LogP contribution >= 0.6 is 0 Å². The number of hydrogen-bond donors (Lipinski definition) is 3. The lowest BCUT2D eigenvalue weighted by Gasteiger charge is -2.46. The maximum absolute atomic E-state index is 11.8. The summed E-state index contributed by atoms with van der Waals surface area (Å²) in [6.07, 6.45) is 1.98. The Hall–Kier alpha value is -1.36. The largest absolute Gasteiger partial charge is 0.353 e. The van der Waals surface area contributed by atoms with Crippen LogP contribution in [0, 0.1) is 0 Å². The van der Waals surface area contributed by atoms with Crippen molar-refractivity contribution in [1.82, 2.24) is 15.3 Å². The summed E-state index contributed by atoms with van der Waals surface area (Å²) in [6.45, 7) is 12.9. The Morgan fingerprint density at radius 2 is 1.81 bits per heavy atom. The zero-order valence-corrected chi connectivity index (χ0v) is 14.0. The van der Waals surface area contributed by atoms with Crippen molar-refractivity contribution in [2.24, 2.45) is 0 Å². The highest BCUT2D eigenvalue weighted by molar-refractivity contribution is 5.29. The fourth-order valence-electron chi connectivity index (χ4n) is 3.46. The average molecular weight is 292 g/mol. The van der Waals surface area contributed by atoms with E-state index in [9.17, 15) is 4.79 Å². The first kappa shape index (κ1) is 16.0. The quantitative estimate of drug-likeness (QED) is 0.801. The van der Waals surface area contributed by atoms with Crippen molar-refractivity contribution >= 4 is 5.95 Å². The van der Waals surface area contributed by atoms with Crippen molar-refractivity contribution in [3.63, 3.8) is 0 Å². The fourth-order valence-corrected chi connectivity index (χ4v) is 3.46. The van der Waals surface area contributed by atoms with E-state index in [1.165, 1.54) is 0 Å². The number of nitrogens with one attached hydrogen (secondary N) is 3. The van der Waals surface area contributed by atoms with E-state index < -0.39 is 0 Å². The third-order valence-electron chi connectivity index (χ3n) is 3.88. The number of nitrogens with zero attached hydrogens (tertiary/aromatic N) is 1. The van der Waals surface area contributed by atoms with Crippen LogP contribution in [0.1, 0.15) is 66.0 Å². The number of anilines is 1. The summed E-state index contributed by atoms with van der Waals surface area (Å²) in [5.74, 6) is 0.832. The van der Waals surface area contributed by atoms with Gasteiger partial charge in [0.05, 0.1) is 5.69 Å². The Kier molecular flexibility index (Phi) is 4.15. The van der Waals surface area contributed by atoms with Crippen molar-refractivity contribution in [1.29, 1.82) is 0 Å². The lowest BCUT2D eigenvalue weighted by molar-refractivity contribution is 0.170. The standard InChI is InChI=1S/C16H28N4O/c1-10(2)12-7-13(21)19-14(18-12)17-11-8-15(3,4)20-16(5,6)9-11/h7,10-11,20H,8-9H2,1-6H3,(H2,17,18,19,21). The molecular formula is C16H28N4O. The van der Waals surface area contributed by atoms with Crippen LogP contribution in [0.2, 0.25) is 0 Å². The molecule has 0 saturated carbocycles. The zero-order valence-electron chi connectivity index (χ0n) is 14.0. The van der Waals surface area contributed by atoms with Crippen LogP contribution < -0.4 is 16.2 Å². The second-order valence-corrected chi connectivity index (χ2v) is 7.82. The molecule has 2 rings (SSSR count). The van der Waals surface area contributed by atoms with E-state index in [0.29, 0.717) is 12.0 Å². The van der Waals surface area contributed by atoms with E-state index in [2.05, 4.69) is 48.3 Å². The van der Waals surface area contributed by atoms with Crippen molar-refractivity contribution in [2.45, 2.75) is 77.4 Å². The van der Waals surface area contributed by atoms with E-state index >= 15 is 0 Å². The molecule has 2 heterocycles. The SMILES string of the molecule is CC(C)c1cc(=O)[nH]c(NC2CC(C)(C)NC(C)(C)C2)n1. The lowest BCUT2D eigenvalue weighted by Crippen LogP contribution is -2.60. The number of aromatic nitrogens is 2. The molecule has 1 saturated heterocycles. The smallest absolute Gasteiger partial charge is 0.252 e. The zero-order chi connectivity index (χ0) is 15.8. The highest BCUT2D eigenvalue weighted by Crippen LogP contribution is 2.29. The molecule has 0 amide bonds. The van der Waals surface area contributed by atoms with Gasteiger partial charge in [0.25, 0.3) is 5.56 Å². The third-order valence-corrected chi connectivity index (χ3v) is 3.88. The van der Waals surface area contributed by atoms with Gasteiger partial charge in [-0.3, -0.25) is 9.78 Å². The Labute approximate surface area is 127 Å². The Morgan fingerprint density at radius 3 is 2.33 bits per heavy atom. The molecule has 0 unspecified atom stereocenters. The molecule has 1 aliphatic heterocycles. The first-order chi connectivity index (χ1) is 9.56. The van der Waals surface area contributed by atoms with Gasteiger partial charge < -0.3 is 10.6 Å². The average Bonchev–Trinajstić information content (AvgIpc) is 2.22. The molecule has 0 atom stereocenters. The molecule has 118 valence electrons. The van der Waals surface area contributed by atoms with Gasteiger partial charge in [0.2, 0.25) is 5.95 Å². The maximum Gasteiger partial charge on any atom is 0.252 e. The number of piperidine rings is 1. The summed E-state index contributed by atoms with van der Waals surface area (Å²) < 4.78 is 0. The van der Waals surface area contributed by atoms with Gasteiger partial charge in [0.15, 0.2) is 0 Å².